The number of hydrogen-bond donors (Lipinski definition) is 3. The van der Waals surface area contributed by atoms with Gasteiger partial charge in [-0.2, -0.15) is 0 Å². The molecule has 0 aliphatic carbocycles. The van der Waals surface area contributed by atoms with Crippen molar-refractivity contribution in [1.82, 2.24) is 0 Å². The fourth-order valence-electron chi connectivity index (χ4n) is 5.45. The molecule has 1 rings (SSSR count). The molecule has 1 saturated heterocycles. The molecule has 1 aliphatic rings. The average Bonchev–Trinajstić information content (AvgIpc) is 3.94. The number of aliphatic hydroxyl groups is 2. The molecule has 5 atom stereocenters. The number of esters is 2. The maximum atomic E-state index is 12.6. The number of carbonyl (C=O) groups excluding carboxylic acids is 2. The minimum atomic E-state index is -4.64. The van der Waals surface area contributed by atoms with Crippen LogP contribution in [0, 0.1) is 0 Å². The number of hydrogen-bond acceptors (Lipinski definition) is 10. The van der Waals surface area contributed by atoms with Crippen LogP contribution in [0.5, 0.6) is 0 Å². The number of allylic oxidation sites excluding steroid dienone is 11. The topological polar surface area (TPSA) is 161 Å². The van der Waals surface area contributed by atoms with Gasteiger partial charge in [-0.25, -0.2) is 4.57 Å². The van der Waals surface area contributed by atoms with Crippen LogP contribution >= 0.6 is 7.82 Å². The second-order valence-corrected chi connectivity index (χ2v) is 15.5. The Morgan fingerprint density at radius 2 is 1.23 bits per heavy atom. The van der Waals surface area contributed by atoms with Crippen LogP contribution in [-0.4, -0.2) is 77.9 Å². The lowest BCUT2D eigenvalue weighted by Crippen LogP contribution is -2.29. The van der Waals surface area contributed by atoms with E-state index >= 15 is 0 Å². The van der Waals surface area contributed by atoms with Crippen molar-refractivity contribution in [2.75, 3.05) is 26.4 Å². The molecule has 1 aliphatic heterocycles. The van der Waals surface area contributed by atoms with Gasteiger partial charge in [-0.15, -0.1) is 0 Å². The molecule has 0 spiro atoms. The standard InChI is InChI=1S/C44H73O11P/c1-3-5-7-8-9-10-11-12-13-14-15-20-23-26-30-34-44(48)54-40(38-53-56(49,50)52-36-39(46)35-45)37-51-43(47)33-29-25-22-19-17-16-18-21-24-28-32-42-41(55-42)31-27-6-4-2/h5,7,9-10,12-13,16,18-19,22,24,28,39-42,45-46H,3-4,6,8,11,14-15,17,20-21,23,25-27,29-38H2,1-2H3,(H,49,50)/b7-5-,10-9-,13-12-,18-16-,22-19-,28-24-/t39-,40+,41?,42?/m0/s1. The van der Waals surface area contributed by atoms with Crippen molar-refractivity contribution in [3.8, 4) is 0 Å². The highest BCUT2D eigenvalue weighted by molar-refractivity contribution is 7.47. The van der Waals surface area contributed by atoms with E-state index in [0.29, 0.717) is 31.5 Å². The second-order valence-electron chi connectivity index (χ2n) is 14.0. The summed E-state index contributed by atoms with van der Waals surface area (Å²) >= 11 is 0. The molecule has 0 aromatic rings. The molecule has 12 heteroatoms. The van der Waals surface area contributed by atoms with Crippen LogP contribution in [0.1, 0.15) is 142 Å². The van der Waals surface area contributed by atoms with Gasteiger partial charge in [0.2, 0.25) is 0 Å². The lowest BCUT2D eigenvalue weighted by Gasteiger charge is -2.20. The summed E-state index contributed by atoms with van der Waals surface area (Å²) in [5.74, 6) is -1.02. The van der Waals surface area contributed by atoms with E-state index in [1.54, 1.807) is 0 Å². The van der Waals surface area contributed by atoms with Gasteiger partial charge >= 0.3 is 19.8 Å². The van der Waals surface area contributed by atoms with Crippen molar-refractivity contribution < 1.29 is 52.5 Å². The first-order chi connectivity index (χ1) is 27.2. The second kappa shape index (κ2) is 35.5. The monoisotopic (exact) mass is 808 g/mol. The van der Waals surface area contributed by atoms with Crippen LogP contribution in [0.15, 0.2) is 72.9 Å². The van der Waals surface area contributed by atoms with Gasteiger partial charge in [-0.1, -0.05) is 125 Å². The van der Waals surface area contributed by atoms with E-state index in [1.807, 2.05) is 6.08 Å². The Labute approximate surface area is 337 Å². The highest BCUT2D eigenvalue weighted by Crippen LogP contribution is 2.43. The lowest BCUT2D eigenvalue weighted by molar-refractivity contribution is -0.161. The molecule has 0 amide bonds. The fraction of sp³-hybridized carbons (Fsp3) is 0.682. The molecule has 11 nitrogen and oxygen atoms in total. The number of phosphoric acid groups is 1. The van der Waals surface area contributed by atoms with Crippen LogP contribution in [-0.2, 0) is 37.4 Å². The maximum absolute atomic E-state index is 12.6. The van der Waals surface area contributed by atoms with Crippen molar-refractivity contribution in [2.45, 2.75) is 167 Å². The summed E-state index contributed by atoms with van der Waals surface area (Å²) in [6.45, 7) is 2.12. The summed E-state index contributed by atoms with van der Waals surface area (Å²) in [5.41, 5.74) is 0. The van der Waals surface area contributed by atoms with Gasteiger partial charge in [-0.05, 0) is 77.0 Å². The van der Waals surface area contributed by atoms with Gasteiger partial charge in [0.15, 0.2) is 6.10 Å². The molecular weight excluding hydrogens is 735 g/mol. The Morgan fingerprint density at radius 1 is 0.661 bits per heavy atom. The first-order valence-electron chi connectivity index (χ1n) is 21.0. The number of ether oxygens (including phenoxy) is 3. The van der Waals surface area contributed by atoms with Gasteiger partial charge in [0.1, 0.15) is 12.7 Å². The molecule has 56 heavy (non-hydrogen) atoms. The van der Waals surface area contributed by atoms with E-state index in [-0.39, 0.29) is 19.4 Å². The largest absolute Gasteiger partial charge is 0.472 e. The Balaban J connectivity index is 2.31. The predicted molar refractivity (Wildman–Crippen MR) is 223 cm³/mol. The number of rotatable bonds is 37. The highest BCUT2D eigenvalue weighted by atomic mass is 31.2. The van der Waals surface area contributed by atoms with Gasteiger partial charge < -0.3 is 29.3 Å². The molecule has 3 N–H and O–H groups in total. The summed E-state index contributed by atoms with van der Waals surface area (Å²) in [4.78, 5) is 34.9. The Bertz CT molecular complexity index is 1230. The third kappa shape index (κ3) is 32.5. The molecule has 0 bridgehead atoms. The fourth-order valence-corrected chi connectivity index (χ4v) is 6.24. The number of carbonyl (C=O) groups is 2. The summed E-state index contributed by atoms with van der Waals surface area (Å²) in [6.07, 6.45) is 41.9. The van der Waals surface area contributed by atoms with Gasteiger partial charge in [-0.3, -0.25) is 18.6 Å². The predicted octanol–water partition coefficient (Wildman–Crippen LogP) is 9.87. The Kier molecular flexibility index (Phi) is 32.6. The zero-order chi connectivity index (χ0) is 41.0. The summed E-state index contributed by atoms with van der Waals surface area (Å²) in [5, 5.41) is 18.3. The summed E-state index contributed by atoms with van der Waals surface area (Å²) in [7, 11) is -4.64. The van der Waals surface area contributed by atoms with Crippen molar-refractivity contribution in [2.24, 2.45) is 0 Å². The quantitative estimate of drug-likeness (QED) is 0.0180. The van der Waals surface area contributed by atoms with E-state index in [2.05, 4.69) is 85.2 Å². The first-order valence-corrected chi connectivity index (χ1v) is 22.5. The number of phosphoric ester groups is 1. The Hall–Kier alpha value is -2.63. The minimum Gasteiger partial charge on any atom is -0.462 e. The Morgan fingerprint density at radius 3 is 1.89 bits per heavy atom. The van der Waals surface area contributed by atoms with Gasteiger partial charge in [0.25, 0.3) is 0 Å². The lowest BCUT2D eigenvalue weighted by atomic mass is 10.1. The molecule has 0 radical (unpaired) electrons. The van der Waals surface area contributed by atoms with Crippen LogP contribution in [0.25, 0.3) is 0 Å². The first kappa shape index (κ1) is 51.4. The summed E-state index contributed by atoms with van der Waals surface area (Å²) in [6, 6.07) is 0. The smallest absolute Gasteiger partial charge is 0.462 e. The molecule has 0 aromatic heterocycles. The van der Waals surface area contributed by atoms with Crippen molar-refractivity contribution in [3.05, 3.63) is 72.9 Å². The van der Waals surface area contributed by atoms with Crippen LogP contribution < -0.4 is 0 Å². The number of unbranched alkanes of at least 4 members (excludes halogenated alkanes) is 8. The third-order valence-corrected chi connectivity index (χ3v) is 9.72. The van der Waals surface area contributed by atoms with E-state index in [0.717, 1.165) is 70.6 Å². The summed E-state index contributed by atoms with van der Waals surface area (Å²) < 4.78 is 38.3. The minimum absolute atomic E-state index is 0.147. The molecular formula is C44H73O11P. The van der Waals surface area contributed by atoms with E-state index in [9.17, 15) is 24.2 Å². The van der Waals surface area contributed by atoms with Crippen molar-refractivity contribution >= 4 is 19.8 Å². The zero-order valence-electron chi connectivity index (χ0n) is 34.3. The zero-order valence-corrected chi connectivity index (χ0v) is 35.2. The molecule has 1 heterocycles. The van der Waals surface area contributed by atoms with E-state index in [1.165, 1.54) is 25.7 Å². The van der Waals surface area contributed by atoms with Crippen LogP contribution in [0.3, 0.4) is 0 Å². The maximum Gasteiger partial charge on any atom is 0.472 e. The number of aliphatic hydroxyl groups excluding tert-OH is 2. The average molecular weight is 809 g/mol. The van der Waals surface area contributed by atoms with Gasteiger partial charge in [0, 0.05) is 12.8 Å². The third-order valence-electron chi connectivity index (χ3n) is 8.77. The van der Waals surface area contributed by atoms with E-state index < -0.39 is 51.8 Å². The molecule has 0 saturated carbocycles. The van der Waals surface area contributed by atoms with Crippen molar-refractivity contribution in [3.63, 3.8) is 0 Å². The molecule has 320 valence electrons. The normalized spacial score (nSPS) is 18.2. The molecule has 0 aromatic carbocycles. The highest BCUT2D eigenvalue weighted by Gasteiger charge is 2.36. The molecule has 3 unspecified atom stereocenters. The number of epoxide rings is 1. The van der Waals surface area contributed by atoms with Crippen LogP contribution in [0.2, 0.25) is 0 Å². The van der Waals surface area contributed by atoms with Crippen molar-refractivity contribution in [1.29, 1.82) is 0 Å². The molecule has 1 fully saturated rings. The SMILES string of the molecule is CC/C=C\C/C=C\C/C=C\CCCCCCCC(=O)O[C@H](COC(=O)CCC/C=C\C/C=C\C/C=C\CC1OC1CCCCC)COP(=O)(O)OC[C@@H](O)CO. The van der Waals surface area contributed by atoms with E-state index in [4.69, 9.17) is 23.8 Å². The van der Waals surface area contributed by atoms with Crippen LogP contribution in [0.4, 0.5) is 0 Å². The van der Waals surface area contributed by atoms with Gasteiger partial charge in [0.05, 0.1) is 32.0 Å².